The Labute approximate surface area is 95.8 Å². The van der Waals surface area contributed by atoms with Crippen molar-refractivity contribution in [3.63, 3.8) is 0 Å². The second kappa shape index (κ2) is 3.86. The fourth-order valence-corrected chi connectivity index (χ4v) is 2.67. The van der Waals surface area contributed by atoms with Gasteiger partial charge in [0.1, 0.15) is 0 Å². The van der Waals surface area contributed by atoms with Crippen LogP contribution in [0, 0.1) is 0 Å². The molecule has 1 aromatic rings. The Hall–Kier alpha value is -0.870. The third kappa shape index (κ3) is 1.76. The van der Waals surface area contributed by atoms with Crippen LogP contribution in [0.2, 0.25) is 0 Å². The predicted molar refractivity (Wildman–Crippen MR) is 61.3 cm³/mol. The molecule has 0 aromatic carbocycles. The molecule has 2 heterocycles. The summed E-state index contributed by atoms with van der Waals surface area (Å²) in [7, 11) is 2.00. The lowest BCUT2D eigenvalue weighted by Crippen LogP contribution is -2.16. The Balaban J connectivity index is 1.86. The van der Waals surface area contributed by atoms with Gasteiger partial charge in [0.15, 0.2) is 0 Å². The molecule has 0 bridgehead atoms. The molecule has 16 heavy (non-hydrogen) atoms. The maximum atomic E-state index is 5.94. The lowest BCUT2D eigenvalue weighted by Gasteiger charge is -2.21. The molecule has 0 amide bonds. The molecule has 0 spiro atoms. The summed E-state index contributed by atoms with van der Waals surface area (Å²) in [6.45, 7) is 1.74. The number of aromatic nitrogens is 2. The standard InChI is InChI=1S/C12H19N3O/c1-15-7-10(9-6-11(9)13)12(14-15)8-2-4-16-5-3-8/h7-9,11H,2-6,13H2,1H3/t9-,11+/m0/s1. The molecule has 1 saturated heterocycles. The van der Waals surface area contributed by atoms with Crippen LogP contribution in [-0.4, -0.2) is 29.0 Å². The molecule has 4 heteroatoms. The lowest BCUT2D eigenvalue weighted by molar-refractivity contribution is 0.0842. The van der Waals surface area contributed by atoms with Crippen LogP contribution < -0.4 is 5.73 Å². The molecule has 1 aromatic heterocycles. The molecule has 2 aliphatic rings. The highest BCUT2D eigenvalue weighted by Gasteiger charge is 2.39. The van der Waals surface area contributed by atoms with Crippen molar-refractivity contribution in [3.8, 4) is 0 Å². The molecule has 3 rings (SSSR count). The van der Waals surface area contributed by atoms with Crippen LogP contribution in [0.5, 0.6) is 0 Å². The largest absolute Gasteiger partial charge is 0.381 e. The lowest BCUT2D eigenvalue weighted by atomic mass is 9.92. The first kappa shape index (κ1) is 10.3. The zero-order chi connectivity index (χ0) is 11.1. The van der Waals surface area contributed by atoms with Gasteiger partial charge in [0, 0.05) is 44.3 Å². The third-order valence-electron chi connectivity index (χ3n) is 3.73. The van der Waals surface area contributed by atoms with Crippen molar-refractivity contribution in [2.45, 2.75) is 37.1 Å². The zero-order valence-electron chi connectivity index (χ0n) is 9.72. The molecule has 1 aliphatic heterocycles. The van der Waals surface area contributed by atoms with E-state index < -0.39 is 0 Å². The Bertz CT molecular complexity index is 382. The molecule has 2 fully saturated rings. The highest BCUT2D eigenvalue weighted by Crippen LogP contribution is 2.43. The molecule has 0 radical (unpaired) electrons. The predicted octanol–water partition coefficient (Wildman–Crippen LogP) is 1.13. The molecule has 1 saturated carbocycles. The first-order valence-corrected chi connectivity index (χ1v) is 6.12. The van der Waals surface area contributed by atoms with E-state index in [0.29, 0.717) is 17.9 Å². The summed E-state index contributed by atoms with van der Waals surface area (Å²) in [6, 6.07) is 0.364. The number of hydrogen-bond acceptors (Lipinski definition) is 3. The fourth-order valence-electron chi connectivity index (χ4n) is 2.67. The topological polar surface area (TPSA) is 53.1 Å². The van der Waals surface area contributed by atoms with Crippen molar-refractivity contribution < 1.29 is 4.74 Å². The molecular weight excluding hydrogens is 202 g/mol. The minimum absolute atomic E-state index is 0.364. The van der Waals surface area contributed by atoms with E-state index in [0.717, 1.165) is 32.5 Å². The van der Waals surface area contributed by atoms with Crippen LogP contribution in [0.15, 0.2) is 6.20 Å². The second-order valence-corrected chi connectivity index (χ2v) is 5.04. The summed E-state index contributed by atoms with van der Waals surface area (Å²) in [5, 5.41) is 4.64. The molecule has 88 valence electrons. The van der Waals surface area contributed by atoms with E-state index in [-0.39, 0.29) is 0 Å². The highest BCUT2D eigenvalue weighted by atomic mass is 16.5. The number of ether oxygens (including phenoxy) is 1. The highest BCUT2D eigenvalue weighted by molar-refractivity contribution is 5.32. The van der Waals surface area contributed by atoms with Gasteiger partial charge in [0.05, 0.1) is 5.69 Å². The number of rotatable bonds is 2. The van der Waals surface area contributed by atoms with Gasteiger partial charge in [-0.05, 0) is 24.8 Å². The Kier molecular flexibility index (Phi) is 2.48. The van der Waals surface area contributed by atoms with Crippen LogP contribution in [-0.2, 0) is 11.8 Å². The van der Waals surface area contributed by atoms with Crippen LogP contribution >= 0.6 is 0 Å². The third-order valence-corrected chi connectivity index (χ3v) is 3.73. The quantitative estimate of drug-likeness (QED) is 0.814. The monoisotopic (exact) mass is 221 g/mol. The van der Waals surface area contributed by atoms with Crippen molar-refractivity contribution in [3.05, 3.63) is 17.5 Å². The average molecular weight is 221 g/mol. The smallest absolute Gasteiger partial charge is 0.0692 e. The number of aryl methyl sites for hydroxylation is 1. The summed E-state index contributed by atoms with van der Waals surface area (Å²) < 4.78 is 7.34. The normalized spacial score (nSPS) is 30.6. The Morgan fingerprint density at radius 2 is 2.12 bits per heavy atom. The van der Waals surface area contributed by atoms with Crippen LogP contribution in [0.25, 0.3) is 0 Å². The Morgan fingerprint density at radius 1 is 1.44 bits per heavy atom. The summed E-state index contributed by atoms with van der Waals surface area (Å²) >= 11 is 0. The molecule has 2 N–H and O–H groups in total. The van der Waals surface area contributed by atoms with E-state index in [9.17, 15) is 0 Å². The summed E-state index contributed by atoms with van der Waals surface area (Å²) in [6.07, 6.45) is 5.49. The minimum Gasteiger partial charge on any atom is -0.381 e. The van der Waals surface area contributed by atoms with Crippen LogP contribution in [0.4, 0.5) is 0 Å². The molecule has 2 atom stereocenters. The number of nitrogens with zero attached hydrogens (tertiary/aromatic N) is 2. The Morgan fingerprint density at radius 3 is 2.75 bits per heavy atom. The van der Waals surface area contributed by atoms with Gasteiger partial charge >= 0.3 is 0 Å². The van der Waals surface area contributed by atoms with E-state index in [1.54, 1.807) is 0 Å². The van der Waals surface area contributed by atoms with Gasteiger partial charge < -0.3 is 10.5 Å². The van der Waals surface area contributed by atoms with Crippen LogP contribution in [0.3, 0.4) is 0 Å². The van der Waals surface area contributed by atoms with E-state index >= 15 is 0 Å². The van der Waals surface area contributed by atoms with Crippen LogP contribution in [0.1, 0.15) is 42.4 Å². The first-order valence-electron chi connectivity index (χ1n) is 6.12. The van der Waals surface area contributed by atoms with Gasteiger partial charge in [-0.1, -0.05) is 0 Å². The second-order valence-electron chi connectivity index (χ2n) is 5.04. The maximum Gasteiger partial charge on any atom is 0.0692 e. The van der Waals surface area contributed by atoms with Crippen molar-refractivity contribution in [1.29, 1.82) is 0 Å². The average Bonchev–Trinajstić information content (AvgIpc) is 2.88. The van der Waals surface area contributed by atoms with Crippen molar-refractivity contribution in [2.75, 3.05) is 13.2 Å². The van der Waals surface area contributed by atoms with E-state index in [1.807, 2.05) is 11.7 Å². The van der Waals surface area contributed by atoms with Crippen molar-refractivity contribution >= 4 is 0 Å². The van der Waals surface area contributed by atoms with E-state index in [2.05, 4.69) is 11.3 Å². The van der Waals surface area contributed by atoms with Gasteiger partial charge in [0.25, 0.3) is 0 Å². The first-order chi connectivity index (χ1) is 7.75. The van der Waals surface area contributed by atoms with Crippen molar-refractivity contribution in [1.82, 2.24) is 9.78 Å². The summed E-state index contributed by atoms with van der Waals surface area (Å²) in [5.74, 6) is 1.14. The minimum atomic E-state index is 0.364. The molecule has 1 aliphatic carbocycles. The van der Waals surface area contributed by atoms with E-state index in [4.69, 9.17) is 10.5 Å². The number of hydrogen-bond donors (Lipinski definition) is 1. The van der Waals surface area contributed by atoms with Crippen molar-refractivity contribution in [2.24, 2.45) is 12.8 Å². The summed E-state index contributed by atoms with van der Waals surface area (Å²) in [4.78, 5) is 0. The van der Waals surface area contributed by atoms with E-state index in [1.165, 1.54) is 11.3 Å². The van der Waals surface area contributed by atoms with Gasteiger partial charge in [-0.2, -0.15) is 5.10 Å². The van der Waals surface area contributed by atoms with Gasteiger partial charge in [-0.3, -0.25) is 4.68 Å². The zero-order valence-corrected chi connectivity index (χ0v) is 9.72. The van der Waals surface area contributed by atoms with Gasteiger partial charge in [-0.15, -0.1) is 0 Å². The maximum absolute atomic E-state index is 5.94. The van der Waals surface area contributed by atoms with Gasteiger partial charge in [0.2, 0.25) is 0 Å². The van der Waals surface area contributed by atoms with Gasteiger partial charge in [-0.25, -0.2) is 0 Å². The molecule has 0 unspecified atom stereocenters. The summed E-state index contributed by atoms with van der Waals surface area (Å²) in [5.41, 5.74) is 8.62. The molecule has 4 nitrogen and oxygen atoms in total. The SMILES string of the molecule is Cn1cc([C@@H]2C[C@H]2N)c(C2CCOCC2)n1. The fraction of sp³-hybridized carbons (Fsp3) is 0.750. The number of nitrogens with two attached hydrogens (primary N) is 1. The molecular formula is C12H19N3O.